The number of carbonyl (C=O) groups excluding carboxylic acids is 1. The fraction of sp³-hybridized carbons (Fsp3) is 0.174. The zero-order valence-corrected chi connectivity index (χ0v) is 18.3. The van der Waals surface area contributed by atoms with Gasteiger partial charge in [-0.15, -0.1) is 0 Å². The number of amides is 1. The van der Waals surface area contributed by atoms with Crippen molar-refractivity contribution in [1.82, 2.24) is 14.6 Å². The minimum atomic E-state index is -0.912. The second-order valence-corrected chi connectivity index (χ2v) is 8.31. The maximum Gasteiger partial charge on any atom is 0.323 e. The smallest absolute Gasteiger partial charge is 0.323 e. The van der Waals surface area contributed by atoms with E-state index < -0.39 is 5.97 Å². The molecule has 4 rings (SSSR count). The van der Waals surface area contributed by atoms with Gasteiger partial charge in [-0.1, -0.05) is 36.4 Å². The van der Waals surface area contributed by atoms with Gasteiger partial charge < -0.3 is 9.67 Å². The predicted octanol–water partition coefficient (Wildman–Crippen LogP) is 4.11. The number of fused-ring (bicyclic) bond motifs is 1. The van der Waals surface area contributed by atoms with E-state index in [1.807, 2.05) is 67.6 Å². The Morgan fingerprint density at radius 2 is 1.81 bits per heavy atom. The van der Waals surface area contributed by atoms with E-state index in [0.29, 0.717) is 10.1 Å². The molecule has 2 heterocycles. The number of hydrogen-bond donors (Lipinski definition) is 1. The first-order valence-electron chi connectivity index (χ1n) is 9.71. The van der Waals surface area contributed by atoms with Crippen LogP contribution in [0.4, 0.5) is 5.69 Å². The normalized spacial score (nSPS) is 16.9. The minimum Gasteiger partial charge on any atom is -0.480 e. The van der Waals surface area contributed by atoms with Crippen molar-refractivity contribution >= 4 is 51.5 Å². The molecule has 0 aliphatic carbocycles. The van der Waals surface area contributed by atoms with Gasteiger partial charge in [0.25, 0.3) is 5.91 Å². The highest BCUT2D eigenvalue weighted by Crippen LogP contribution is 2.37. The highest BCUT2D eigenvalue weighted by molar-refractivity contribution is 8.18. The van der Waals surface area contributed by atoms with Crippen molar-refractivity contribution in [3.63, 3.8) is 0 Å². The van der Waals surface area contributed by atoms with Crippen LogP contribution < -0.4 is 0 Å². The third kappa shape index (κ3) is 3.99. The lowest BCUT2D eigenvalue weighted by Gasteiger charge is -2.22. The fourth-order valence-electron chi connectivity index (χ4n) is 3.61. The first-order chi connectivity index (χ1) is 14.9. The topological polar surface area (TPSA) is 78.1 Å². The van der Waals surface area contributed by atoms with Crippen LogP contribution >= 0.6 is 11.8 Å². The van der Waals surface area contributed by atoms with E-state index in [2.05, 4.69) is 4.99 Å². The molecule has 1 aliphatic heterocycles. The third-order valence-electron chi connectivity index (χ3n) is 5.02. The Morgan fingerprint density at radius 1 is 1.13 bits per heavy atom. The number of aromatic nitrogens is 1. The molecule has 0 atom stereocenters. The highest BCUT2D eigenvalue weighted by atomic mass is 32.2. The number of rotatable bonds is 5. The predicted molar refractivity (Wildman–Crippen MR) is 124 cm³/mol. The molecular weight excluding hydrogens is 412 g/mol. The van der Waals surface area contributed by atoms with Gasteiger partial charge in [0.1, 0.15) is 6.54 Å². The van der Waals surface area contributed by atoms with E-state index in [1.165, 1.54) is 16.8 Å². The molecule has 0 radical (unpaired) electrons. The summed E-state index contributed by atoms with van der Waals surface area (Å²) in [5.41, 5.74) is 3.23. The maximum absolute atomic E-state index is 13.2. The molecule has 1 aliphatic rings. The molecule has 1 aromatic heterocycles. The van der Waals surface area contributed by atoms with Crippen LogP contribution in [0.3, 0.4) is 0 Å². The van der Waals surface area contributed by atoms with Crippen LogP contribution in [0.1, 0.15) is 11.3 Å². The van der Waals surface area contributed by atoms with E-state index in [4.69, 9.17) is 0 Å². The first kappa shape index (κ1) is 20.9. The summed E-state index contributed by atoms with van der Waals surface area (Å²) in [5.74, 6) is -1.08. The summed E-state index contributed by atoms with van der Waals surface area (Å²) in [5, 5.41) is 14.1. The average molecular weight is 435 g/mol. The standard InChI is InChI=1S/C23H22N4O3S/c1-15-18(17-11-7-8-12-19(17)26(15)14-21(28)29)13-20-22(30)27(25(2)3)23(31-20)24-16-9-5-4-6-10-16/h4-13H,14H2,1-3H3,(H,28,29)/b20-13-,24-23?. The van der Waals surface area contributed by atoms with E-state index in [1.54, 1.807) is 23.7 Å². The number of amidine groups is 1. The number of hydrogen-bond acceptors (Lipinski definition) is 5. The second kappa shape index (κ2) is 8.41. The summed E-state index contributed by atoms with van der Waals surface area (Å²) in [7, 11) is 3.60. The van der Waals surface area contributed by atoms with E-state index in [0.717, 1.165) is 27.8 Å². The van der Waals surface area contributed by atoms with Gasteiger partial charge in [0, 0.05) is 36.3 Å². The van der Waals surface area contributed by atoms with E-state index >= 15 is 0 Å². The largest absolute Gasteiger partial charge is 0.480 e. The molecule has 1 N–H and O–H groups in total. The Labute approximate surface area is 184 Å². The van der Waals surface area contributed by atoms with Gasteiger partial charge >= 0.3 is 5.97 Å². The van der Waals surface area contributed by atoms with E-state index in [-0.39, 0.29) is 12.5 Å². The number of carboxylic acid groups (broad SMARTS) is 1. The van der Waals surface area contributed by atoms with Gasteiger partial charge in [0.15, 0.2) is 5.17 Å². The van der Waals surface area contributed by atoms with Crippen molar-refractivity contribution < 1.29 is 14.7 Å². The van der Waals surface area contributed by atoms with Gasteiger partial charge in [-0.3, -0.25) is 9.59 Å². The number of aliphatic imine (C=N–C) groups is 1. The number of nitrogens with zero attached hydrogens (tertiary/aromatic N) is 4. The molecular formula is C23H22N4O3S. The Bertz CT molecular complexity index is 1230. The number of carboxylic acids is 1. The van der Waals surface area contributed by atoms with Crippen molar-refractivity contribution in [2.24, 2.45) is 4.99 Å². The molecule has 3 aromatic rings. The molecule has 0 bridgehead atoms. The number of benzene rings is 2. The van der Waals surface area contributed by atoms with E-state index in [9.17, 15) is 14.7 Å². The number of thioether (sulfide) groups is 1. The molecule has 1 saturated heterocycles. The number of aliphatic carboxylic acids is 1. The lowest BCUT2D eigenvalue weighted by atomic mass is 10.1. The van der Waals surface area contributed by atoms with Crippen LogP contribution in [0.5, 0.6) is 0 Å². The Kier molecular flexibility index (Phi) is 5.67. The molecule has 1 amide bonds. The average Bonchev–Trinajstić information content (AvgIpc) is 3.18. The van der Waals surface area contributed by atoms with Crippen LogP contribution in [0.15, 0.2) is 64.5 Å². The van der Waals surface area contributed by atoms with Gasteiger partial charge in [-0.05, 0) is 43.0 Å². The molecule has 2 aromatic carbocycles. The molecule has 8 heteroatoms. The third-order valence-corrected chi connectivity index (χ3v) is 5.97. The van der Waals surface area contributed by atoms with Crippen molar-refractivity contribution in [1.29, 1.82) is 0 Å². The number of hydrazine groups is 1. The van der Waals surface area contributed by atoms with Crippen LogP contribution in [-0.4, -0.2) is 50.8 Å². The monoisotopic (exact) mass is 434 g/mol. The summed E-state index contributed by atoms with van der Waals surface area (Å²) < 4.78 is 1.76. The Morgan fingerprint density at radius 3 is 2.48 bits per heavy atom. The lowest BCUT2D eigenvalue weighted by Crippen LogP contribution is -2.40. The zero-order chi connectivity index (χ0) is 22.1. The fourth-order valence-corrected chi connectivity index (χ4v) is 4.64. The quantitative estimate of drug-likeness (QED) is 0.612. The van der Waals surface area contributed by atoms with Crippen molar-refractivity contribution in [2.75, 3.05) is 14.1 Å². The molecule has 0 unspecified atom stereocenters. The van der Waals surface area contributed by atoms with Crippen LogP contribution in [0.2, 0.25) is 0 Å². The van der Waals surface area contributed by atoms with Crippen molar-refractivity contribution in [3.05, 3.63) is 70.8 Å². The summed E-state index contributed by atoms with van der Waals surface area (Å²) >= 11 is 1.31. The maximum atomic E-state index is 13.2. The molecule has 158 valence electrons. The summed E-state index contributed by atoms with van der Waals surface area (Å²) in [6.45, 7) is 1.74. The summed E-state index contributed by atoms with van der Waals surface area (Å²) in [4.78, 5) is 29.8. The first-order valence-corrected chi connectivity index (χ1v) is 10.5. The zero-order valence-electron chi connectivity index (χ0n) is 17.4. The van der Waals surface area contributed by atoms with Crippen LogP contribution in [0.25, 0.3) is 17.0 Å². The second-order valence-electron chi connectivity index (χ2n) is 7.30. The van der Waals surface area contributed by atoms with Gasteiger partial charge in [0.2, 0.25) is 0 Å². The highest BCUT2D eigenvalue weighted by Gasteiger charge is 2.35. The molecule has 0 saturated carbocycles. The Balaban J connectivity index is 1.81. The van der Waals surface area contributed by atoms with Gasteiger partial charge in [-0.2, -0.15) is 0 Å². The summed E-state index contributed by atoms with van der Waals surface area (Å²) in [6.07, 6.45) is 1.84. The number of carbonyl (C=O) groups is 2. The molecule has 7 nitrogen and oxygen atoms in total. The van der Waals surface area contributed by atoms with Gasteiger partial charge in [-0.25, -0.2) is 15.0 Å². The van der Waals surface area contributed by atoms with Gasteiger partial charge in [0.05, 0.1) is 10.6 Å². The lowest BCUT2D eigenvalue weighted by molar-refractivity contribution is -0.137. The van der Waals surface area contributed by atoms with Crippen molar-refractivity contribution in [3.8, 4) is 0 Å². The summed E-state index contributed by atoms with van der Waals surface area (Å²) in [6, 6.07) is 17.1. The molecule has 1 fully saturated rings. The SMILES string of the molecule is Cc1c(/C=C2\SC(=Nc3ccccc3)N(N(C)C)C2=O)c2ccccc2n1CC(=O)O. The molecule has 0 spiro atoms. The van der Waals surface area contributed by atoms with Crippen molar-refractivity contribution in [2.45, 2.75) is 13.5 Å². The Hall–Kier alpha value is -3.36. The molecule has 31 heavy (non-hydrogen) atoms. The van der Waals surface area contributed by atoms with Crippen LogP contribution in [-0.2, 0) is 16.1 Å². The van der Waals surface area contributed by atoms with Crippen LogP contribution in [0, 0.1) is 6.92 Å². The number of para-hydroxylation sites is 2. The minimum absolute atomic E-state index is 0.138.